The number of nitrogens with zero attached hydrogens (tertiary/aromatic N) is 3. The van der Waals surface area contributed by atoms with Gasteiger partial charge in [0.2, 0.25) is 5.96 Å². The number of halogens is 1. The molecule has 2 rings (SSSR count). The Morgan fingerprint density at radius 3 is 2.30 bits per heavy atom. The molecule has 0 atom stereocenters. The van der Waals surface area contributed by atoms with Gasteiger partial charge in [-0.25, -0.2) is 9.97 Å². The number of benzene rings is 1. The van der Waals surface area contributed by atoms with Crippen molar-refractivity contribution in [3.63, 3.8) is 0 Å². The topological polar surface area (TPSA) is 119 Å². The quantitative estimate of drug-likeness (QED) is 0.581. The molecule has 0 radical (unpaired) electrons. The van der Waals surface area contributed by atoms with Crippen LogP contribution < -0.4 is 16.8 Å². The Morgan fingerprint density at radius 1 is 1.15 bits per heavy atom. The van der Waals surface area contributed by atoms with Gasteiger partial charge in [0.1, 0.15) is 0 Å². The van der Waals surface area contributed by atoms with E-state index >= 15 is 0 Å². The average molecular weight is 291 g/mol. The van der Waals surface area contributed by atoms with Crippen molar-refractivity contribution >= 4 is 35.1 Å². The molecule has 0 aliphatic heterocycles. The Labute approximate surface area is 119 Å². The molecule has 0 fully saturated rings. The lowest BCUT2D eigenvalue weighted by atomic mass is 10.3. The van der Waals surface area contributed by atoms with Crippen molar-refractivity contribution < 1.29 is 4.79 Å². The second kappa shape index (κ2) is 5.98. The van der Waals surface area contributed by atoms with Gasteiger partial charge < -0.3 is 16.8 Å². The minimum Gasteiger partial charge on any atom is -0.369 e. The van der Waals surface area contributed by atoms with Crippen LogP contribution in [0.1, 0.15) is 10.4 Å². The first-order chi connectivity index (χ1) is 9.54. The molecule has 102 valence electrons. The number of rotatable bonds is 3. The molecule has 1 amide bonds. The zero-order valence-electron chi connectivity index (χ0n) is 10.2. The number of primary amides is 1. The maximum atomic E-state index is 10.9. The third-order valence-electron chi connectivity index (χ3n) is 2.26. The van der Waals surface area contributed by atoms with Crippen LogP contribution >= 0.6 is 11.6 Å². The predicted molar refractivity (Wildman–Crippen MR) is 76.9 cm³/mol. The van der Waals surface area contributed by atoms with Crippen LogP contribution in [0.3, 0.4) is 0 Å². The zero-order chi connectivity index (χ0) is 14.5. The van der Waals surface area contributed by atoms with Gasteiger partial charge in [0, 0.05) is 23.1 Å². The number of anilines is 1. The summed E-state index contributed by atoms with van der Waals surface area (Å²) >= 11 is 5.77. The van der Waals surface area contributed by atoms with Crippen molar-refractivity contribution in [2.24, 2.45) is 16.5 Å². The summed E-state index contributed by atoms with van der Waals surface area (Å²) in [6.07, 6.45) is 2.56. The van der Waals surface area contributed by atoms with Crippen LogP contribution in [-0.2, 0) is 0 Å². The van der Waals surface area contributed by atoms with Gasteiger partial charge in [0.15, 0.2) is 0 Å². The first-order valence-corrected chi connectivity index (χ1v) is 5.91. The third kappa shape index (κ3) is 3.66. The minimum atomic E-state index is -0.604. The maximum Gasteiger partial charge on any atom is 0.252 e. The summed E-state index contributed by atoms with van der Waals surface area (Å²) in [5.74, 6) is -0.374. The number of hydrogen-bond acceptors (Lipinski definition) is 4. The van der Waals surface area contributed by atoms with E-state index in [1.54, 1.807) is 24.3 Å². The molecular weight excluding hydrogens is 280 g/mol. The molecule has 1 aromatic carbocycles. The van der Waals surface area contributed by atoms with Crippen LogP contribution in [0, 0.1) is 0 Å². The fourth-order valence-corrected chi connectivity index (χ4v) is 1.45. The van der Waals surface area contributed by atoms with Gasteiger partial charge in [-0.3, -0.25) is 4.79 Å². The standard InChI is InChI=1S/C12H11ClN6O/c13-8-1-3-9(4-2-8)18-11(15)19-12-16-5-7(6-17-12)10(14)20/h1-6H,(H2,14,20)(H3,15,16,17,18,19). The lowest BCUT2D eigenvalue weighted by Gasteiger charge is -2.04. The first kappa shape index (κ1) is 13.8. The number of amides is 1. The largest absolute Gasteiger partial charge is 0.369 e. The Kier molecular flexibility index (Phi) is 4.11. The van der Waals surface area contributed by atoms with Crippen molar-refractivity contribution in [1.29, 1.82) is 0 Å². The van der Waals surface area contributed by atoms with Crippen LogP contribution in [0.5, 0.6) is 0 Å². The number of aromatic nitrogens is 2. The SMILES string of the molecule is NC(=O)c1cnc(/N=C(\N)Nc2ccc(Cl)cc2)nc1. The lowest BCUT2D eigenvalue weighted by molar-refractivity contribution is 0.0999. The second-order valence-electron chi connectivity index (χ2n) is 3.76. The molecule has 5 N–H and O–H groups in total. The van der Waals surface area contributed by atoms with E-state index in [-0.39, 0.29) is 17.5 Å². The number of carbonyl (C=O) groups excluding carboxylic acids is 1. The van der Waals surface area contributed by atoms with Crippen molar-refractivity contribution in [3.05, 3.63) is 47.2 Å². The average Bonchev–Trinajstić information content (AvgIpc) is 2.42. The van der Waals surface area contributed by atoms with E-state index in [9.17, 15) is 4.79 Å². The van der Waals surface area contributed by atoms with Crippen molar-refractivity contribution in [2.75, 3.05) is 5.32 Å². The molecule has 0 bridgehead atoms. The fourth-order valence-electron chi connectivity index (χ4n) is 1.32. The van der Waals surface area contributed by atoms with Gasteiger partial charge in [-0.1, -0.05) is 11.6 Å². The fraction of sp³-hybridized carbons (Fsp3) is 0. The molecule has 20 heavy (non-hydrogen) atoms. The van der Waals surface area contributed by atoms with Crippen LogP contribution in [0.2, 0.25) is 5.02 Å². The number of nitrogens with one attached hydrogen (secondary N) is 1. The summed E-state index contributed by atoms with van der Waals surface area (Å²) in [5.41, 5.74) is 11.7. The van der Waals surface area contributed by atoms with E-state index in [0.29, 0.717) is 5.02 Å². The molecular formula is C12H11ClN6O. The first-order valence-electron chi connectivity index (χ1n) is 5.53. The summed E-state index contributed by atoms with van der Waals surface area (Å²) in [5, 5.41) is 3.47. The highest BCUT2D eigenvalue weighted by Crippen LogP contribution is 2.13. The predicted octanol–water partition coefficient (Wildman–Crippen LogP) is 1.29. The second-order valence-corrected chi connectivity index (χ2v) is 4.20. The molecule has 0 aliphatic rings. The number of guanidine groups is 1. The molecule has 1 aromatic heterocycles. The Morgan fingerprint density at radius 2 is 1.75 bits per heavy atom. The Hall–Kier alpha value is -2.67. The Bertz CT molecular complexity index is 638. The van der Waals surface area contributed by atoms with Gasteiger partial charge in [-0.2, -0.15) is 4.99 Å². The monoisotopic (exact) mass is 290 g/mol. The van der Waals surface area contributed by atoms with Gasteiger partial charge in [0.05, 0.1) is 5.56 Å². The summed E-state index contributed by atoms with van der Waals surface area (Å²) in [6, 6.07) is 6.94. The molecule has 2 aromatic rings. The van der Waals surface area contributed by atoms with Crippen LogP contribution in [0.4, 0.5) is 11.6 Å². The summed E-state index contributed by atoms with van der Waals surface area (Å²) in [7, 11) is 0. The minimum absolute atomic E-state index is 0.110. The summed E-state index contributed by atoms with van der Waals surface area (Å²) in [6.45, 7) is 0. The van der Waals surface area contributed by atoms with Crippen molar-refractivity contribution in [1.82, 2.24) is 9.97 Å². The Balaban J connectivity index is 2.09. The molecule has 7 nitrogen and oxygen atoms in total. The normalized spacial score (nSPS) is 11.2. The highest BCUT2D eigenvalue weighted by atomic mass is 35.5. The molecule has 1 heterocycles. The van der Waals surface area contributed by atoms with E-state index in [4.69, 9.17) is 23.1 Å². The van der Waals surface area contributed by atoms with E-state index < -0.39 is 5.91 Å². The van der Waals surface area contributed by atoms with E-state index in [1.165, 1.54) is 12.4 Å². The molecule has 0 unspecified atom stereocenters. The molecule has 0 saturated carbocycles. The number of nitrogens with two attached hydrogens (primary N) is 2. The molecule has 0 aliphatic carbocycles. The highest BCUT2D eigenvalue weighted by Gasteiger charge is 2.02. The van der Waals surface area contributed by atoms with Gasteiger partial charge in [-0.15, -0.1) is 0 Å². The zero-order valence-corrected chi connectivity index (χ0v) is 11.0. The van der Waals surface area contributed by atoms with Crippen LogP contribution in [0.25, 0.3) is 0 Å². The van der Waals surface area contributed by atoms with E-state index in [2.05, 4.69) is 20.3 Å². The smallest absolute Gasteiger partial charge is 0.252 e. The lowest BCUT2D eigenvalue weighted by Crippen LogP contribution is -2.22. The maximum absolute atomic E-state index is 10.9. The van der Waals surface area contributed by atoms with E-state index in [1.807, 2.05) is 0 Å². The van der Waals surface area contributed by atoms with Crippen molar-refractivity contribution in [2.45, 2.75) is 0 Å². The van der Waals surface area contributed by atoms with Crippen LogP contribution in [-0.4, -0.2) is 21.8 Å². The van der Waals surface area contributed by atoms with Gasteiger partial charge in [-0.05, 0) is 24.3 Å². The van der Waals surface area contributed by atoms with Gasteiger partial charge in [0.25, 0.3) is 11.9 Å². The summed E-state index contributed by atoms with van der Waals surface area (Å²) < 4.78 is 0. The van der Waals surface area contributed by atoms with Crippen LogP contribution in [0.15, 0.2) is 41.7 Å². The molecule has 8 heteroatoms. The summed E-state index contributed by atoms with van der Waals surface area (Å²) in [4.78, 5) is 22.5. The molecule has 0 saturated heterocycles. The number of carbonyl (C=O) groups is 1. The highest BCUT2D eigenvalue weighted by molar-refractivity contribution is 6.30. The van der Waals surface area contributed by atoms with Gasteiger partial charge >= 0.3 is 0 Å². The third-order valence-corrected chi connectivity index (χ3v) is 2.51. The number of hydrogen-bond donors (Lipinski definition) is 3. The number of aliphatic imine (C=N–C) groups is 1. The van der Waals surface area contributed by atoms with E-state index in [0.717, 1.165) is 5.69 Å². The van der Waals surface area contributed by atoms with Crippen molar-refractivity contribution in [3.8, 4) is 0 Å². The molecule has 0 spiro atoms.